The molecule has 0 radical (unpaired) electrons. The summed E-state index contributed by atoms with van der Waals surface area (Å²) in [7, 11) is 1.32. The number of carbonyl (C=O) groups is 1. The van der Waals surface area contributed by atoms with E-state index in [0.717, 1.165) is 0 Å². The first-order valence-electron chi connectivity index (χ1n) is 4.05. The Hall–Kier alpha value is -1.01. The molecule has 0 aromatic rings. The summed E-state index contributed by atoms with van der Waals surface area (Å²) >= 11 is 1.42. The Balaban J connectivity index is 2.99. The van der Waals surface area contributed by atoms with Crippen LogP contribution in [0.4, 0.5) is 0 Å². The predicted octanol–water partition coefficient (Wildman–Crippen LogP) is -0.307. The third-order valence-corrected chi connectivity index (χ3v) is 2.51. The predicted molar refractivity (Wildman–Crippen MR) is 57.0 cm³/mol. The molecule has 1 aliphatic heterocycles. The molecule has 1 aliphatic rings. The molecule has 78 valence electrons. The number of methoxy groups -OCH3 is 1. The van der Waals surface area contributed by atoms with E-state index in [1.807, 2.05) is 6.26 Å². The van der Waals surface area contributed by atoms with Crippen molar-refractivity contribution in [3.63, 3.8) is 0 Å². The average Bonchev–Trinajstić information content (AvgIpc) is 2.27. The highest BCUT2D eigenvalue weighted by atomic mass is 32.2. The summed E-state index contributed by atoms with van der Waals surface area (Å²) in [5.74, 6) is -0.440. The van der Waals surface area contributed by atoms with E-state index < -0.39 is 11.5 Å². The number of nitrogens with two attached hydrogens (primary N) is 1. The molecule has 0 aliphatic carbocycles. The molecule has 5 nitrogen and oxygen atoms in total. The van der Waals surface area contributed by atoms with Gasteiger partial charge in [0.1, 0.15) is 0 Å². The molecule has 0 saturated heterocycles. The third-order valence-electron chi connectivity index (χ3n) is 1.91. The summed E-state index contributed by atoms with van der Waals surface area (Å²) in [5.41, 5.74) is 4.48. The maximum Gasteiger partial charge on any atom is 0.339 e. The van der Waals surface area contributed by atoms with Gasteiger partial charge in [-0.15, -0.1) is 0 Å². The number of amidine groups is 1. The highest BCUT2D eigenvalue weighted by Crippen LogP contribution is 2.18. The second kappa shape index (κ2) is 4.47. The van der Waals surface area contributed by atoms with E-state index in [9.17, 15) is 4.79 Å². The summed E-state index contributed by atoms with van der Waals surface area (Å²) in [5, 5.41) is 3.56. The largest absolute Gasteiger partial charge is 0.467 e. The van der Waals surface area contributed by atoms with Gasteiger partial charge in [0.2, 0.25) is 0 Å². The summed E-state index contributed by atoms with van der Waals surface area (Å²) in [6.45, 7) is 0.0991. The number of ether oxygens (including phenoxy) is 1. The Kier molecular flexibility index (Phi) is 3.54. The van der Waals surface area contributed by atoms with Gasteiger partial charge in [0.05, 0.1) is 7.11 Å². The molecule has 1 rings (SSSR count). The number of carbonyl (C=O) groups excluding carboxylic acids is 1. The molecular formula is C8H13N3O2S. The van der Waals surface area contributed by atoms with Crippen molar-refractivity contribution in [1.82, 2.24) is 5.32 Å². The second-order valence-corrected chi connectivity index (χ2v) is 3.51. The second-order valence-electron chi connectivity index (χ2n) is 2.72. The van der Waals surface area contributed by atoms with Gasteiger partial charge in [-0.1, -0.05) is 11.8 Å². The van der Waals surface area contributed by atoms with Gasteiger partial charge in [-0.05, 0) is 12.3 Å². The number of nitrogens with one attached hydrogen (secondary N) is 1. The molecule has 1 heterocycles. The lowest BCUT2D eigenvalue weighted by Crippen LogP contribution is -2.46. The molecular weight excluding hydrogens is 202 g/mol. The van der Waals surface area contributed by atoms with Crippen LogP contribution in [-0.4, -0.2) is 36.6 Å². The van der Waals surface area contributed by atoms with E-state index in [0.29, 0.717) is 5.17 Å². The number of hydrogen-bond acceptors (Lipinski definition) is 6. The lowest BCUT2D eigenvalue weighted by Gasteiger charge is -2.25. The maximum absolute atomic E-state index is 11.5. The van der Waals surface area contributed by atoms with Crippen molar-refractivity contribution in [3.8, 4) is 0 Å². The fourth-order valence-corrected chi connectivity index (χ4v) is 1.53. The molecule has 0 aromatic carbocycles. The van der Waals surface area contributed by atoms with Crippen LogP contribution < -0.4 is 11.1 Å². The number of rotatable bonds is 2. The molecule has 0 fully saturated rings. The molecule has 1 atom stereocenters. The van der Waals surface area contributed by atoms with Gasteiger partial charge in [0, 0.05) is 12.7 Å². The van der Waals surface area contributed by atoms with E-state index in [-0.39, 0.29) is 6.54 Å². The Morgan fingerprint density at radius 1 is 1.86 bits per heavy atom. The highest BCUT2D eigenvalue weighted by molar-refractivity contribution is 8.13. The maximum atomic E-state index is 11.5. The molecule has 14 heavy (non-hydrogen) atoms. The van der Waals surface area contributed by atoms with Crippen molar-refractivity contribution in [2.45, 2.75) is 5.54 Å². The van der Waals surface area contributed by atoms with Crippen LogP contribution in [0, 0.1) is 0 Å². The quantitative estimate of drug-likeness (QED) is 0.618. The molecule has 0 bridgehead atoms. The fraction of sp³-hybridized carbons (Fsp3) is 0.500. The molecule has 1 unspecified atom stereocenters. The van der Waals surface area contributed by atoms with Crippen LogP contribution in [0.1, 0.15) is 0 Å². The number of aliphatic imine (C=N–C) groups is 1. The van der Waals surface area contributed by atoms with Crippen molar-refractivity contribution < 1.29 is 9.53 Å². The molecule has 0 spiro atoms. The lowest BCUT2D eigenvalue weighted by atomic mass is 10.0. The smallest absolute Gasteiger partial charge is 0.339 e. The normalized spacial score (nSPS) is 25.2. The topological polar surface area (TPSA) is 76.7 Å². The number of thioether (sulfide) groups is 1. The molecule has 0 amide bonds. The van der Waals surface area contributed by atoms with Gasteiger partial charge in [-0.2, -0.15) is 0 Å². The van der Waals surface area contributed by atoms with Crippen molar-refractivity contribution in [2.75, 3.05) is 19.9 Å². The summed E-state index contributed by atoms with van der Waals surface area (Å²) in [6.07, 6.45) is 5.13. The molecule has 6 heteroatoms. The Morgan fingerprint density at radius 2 is 2.57 bits per heavy atom. The van der Waals surface area contributed by atoms with Crippen LogP contribution in [-0.2, 0) is 9.53 Å². The van der Waals surface area contributed by atoms with E-state index in [4.69, 9.17) is 5.73 Å². The number of nitrogens with zero attached hydrogens (tertiary/aromatic N) is 1. The van der Waals surface area contributed by atoms with E-state index >= 15 is 0 Å². The van der Waals surface area contributed by atoms with E-state index in [2.05, 4.69) is 15.0 Å². The van der Waals surface area contributed by atoms with Gasteiger partial charge in [-0.25, -0.2) is 9.79 Å². The minimum atomic E-state index is -1.06. The zero-order valence-electron chi connectivity index (χ0n) is 8.11. The van der Waals surface area contributed by atoms with Gasteiger partial charge in [0.15, 0.2) is 10.7 Å². The first-order valence-corrected chi connectivity index (χ1v) is 5.27. The van der Waals surface area contributed by atoms with Crippen LogP contribution in [0.5, 0.6) is 0 Å². The molecule has 0 saturated carbocycles. The van der Waals surface area contributed by atoms with Crippen LogP contribution in [0.25, 0.3) is 0 Å². The highest BCUT2D eigenvalue weighted by Gasteiger charge is 2.37. The van der Waals surface area contributed by atoms with Crippen LogP contribution in [0.2, 0.25) is 0 Å². The SMILES string of the molecule is COC(=O)C1(CN)C=CNC(SC)=N1. The lowest BCUT2D eigenvalue weighted by molar-refractivity contribution is -0.144. The van der Waals surface area contributed by atoms with Crippen molar-refractivity contribution in [1.29, 1.82) is 0 Å². The number of esters is 1. The minimum Gasteiger partial charge on any atom is -0.467 e. The van der Waals surface area contributed by atoms with Gasteiger partial charge in [0.25, 0.3) is 0 Å². The first-order chi connectivity index (χ1) is 6.68. The fourth-order valence-electron chi connectivity index (χ4n) is 1.09. The Bertz CT molecular complexity index is 290. The first kappa shape index (κ1) is 11.1. The van der Waals surface area contributed by atoms with Crippen molar-refractivity contribution in [3.05, 3.63) is 12.3 Å². The van der Waals surface area contributed by atoms with Crippen molar-refractivity contribution >= 4 is 22.9 Å². The average molecular weight is 215 g/mol. The summed E-state index contributed by atoms with van der Waals surface area (Å²) in [4.78, 5) is 15.7. The van der Waals surface area contributed by atoms with E-state index in [1.165, 1.54) is 18.9 Å². The van der Waals surface area contributed by atoms with E-state index in [1.54, 1.807) is 12.3 Å². The summed E-state index contributed by atoms with van der Waals surface area (Å²) < 4.78 is 4.66. The zero-order chi connectivity index (χ0) is 10.6. The standard InChI is InChI=1S/C8H13N3O2S/c1-13-6(12)8(5-9)3-4-10-7(11-8)14-2/h3-4H,5,9H2,1-2H3,(H,10,11). The summed E-state index contributed by atoms with van der Waals surface area (Å²) in [6, 6.07) is 0. The Labute approximate surface area is 86.8 Å². The van der Waals surface area contributed by atoms with Crippen LogP contribution in [0.3, 0.4) is 0 Å². The molecule has 3 N–H and O–H groups in total. The monoisotopic (exact) mass is 215 g/mol. The molecule has 0 aromatic heterocycles. The minimum absolute atomic E-state index is 0.0991. The van der Waals surface area contributed by atoms with Gasteiger partial charge in [-0.3, -0.25) is 0 Å². The number of hydrogen-bond donors (Lipinski definition) is 2. The Morgan fingerprint density at radius 3 is 3.07 bits per heavy atom. The van der Waals surface area contributed by atoms with Crippen LogP contribution >= 0.6 is 11.8 Å². The van der Waals surface area contributed by atoms with Gasteiger partial charge < -0.3 is 15.8 Å². The van der Waals surface area contributed by atoms with Gasteiger partial charge >= 0.3 is 5.97 Å². The van der Waals surface area contributed by atoms with Crippen LogP contribution in [0.15, 0.2) is 17.3 Å². The van der Waals surface area contributed by atoms with Crippen molar-refractivity contribution in [2.24, 2.45) is 10.7 Å². The third kappa shape index (κ3) is 1.91. The zero-order valence-corrected chi connectivity index (χ0v) is 8.93.